The largest absolute Gasteiger partial charge is 0.481 e. The Bertz CT molecular complexity index is 289. The van der Waals surface area contributed by atoms with E-state index in [2.05, 4.69) is 11.9 Å². The normalized spacial score (nSPS) is 9.31. The van der Waals surface area contributed by atoms with Crippen LogP contribution in [0.3, 0.4) is 0 Å². The predicted octanol–water partition coefficient (Wildman–Crippen LogP) is 0.595. The third kappa shape index (κ3) is 5.79. The third-order valence-electron chi connectivity index (χ3n) is 1.83. The third-order valence-corrected chi connectivity index (χ3v) is 1.83. The maximum Gasteiger partial charge on any atom is 0.324 e. The molecule has 0 aliphatic rings. The van der Waals surface area contributed by atoms with E-state index < -0.39 is 17.9 Å². The molecule has 0 spiro atoms. The van der Waals surface area contributed by atoms with Crippen molar-refractivity contribution in [2.75, 3.05) is 13.1 Å². The van der Waals surface area contributed by atoms with Gasteiger partial charge in [-0.15, -0.1) is 6.58 Å². The molecule has 0 bridgehead atoms. The van der Waals surface area contributed by atoms with Gasteiger partial charge in [0.2, 0.25) is 5.91 Å². The minimum Gasteiger partial charge on any atom is -0.481 e. The van der Waals surface area contributed by atoms with Crippen LogP contribution in [0.2, 0.25) is 0 Å². The Hall–Kier alpha value is -1.85. The number of nitrogens with zero attached hydrogens (tertiary/aromatic N) is 1. The number of hydrogen-bond donors (Lipinski definition) is 2. The zero-order chi connectivity index (χ0) is 12.6. The number of nitrogens with one attached hydrogen (secondary N) is 1. The van der Waals surface area contributed by atoms with E-state index in [4.69, 9.17) is 5.11 Å². The first-order chi connectivity index (χ1) is 7.51. The van der Waals surface area contributed by atoms with Crippen LogP contribution in [0.25, 0.3) is 0 Å². The Morgan fingerprint density at radius 2 is 2.00 bits per heavy atom. The fourth-order valence-corrected chi connectivity index (χ4v) is 0.993. The number of amides is 3. The lowest BCUT2D eigenvalue weighted by atomic mass is 10.3. The van der Waals surface area contributed by atoms with Crippen molar-refractivity contribution in [1.82, 2.24) is 10.2 Å². The van der Waals surface area contributed by atoms with Gasteiger partial charge in [-0.05, 0) is 6.92 Å². The van der Waals surface area contributed by atoms with Crippen LogP contribution < -0.4 is 5.32 Å². The van der Waals surface area contributed by atoms with Gasteiger partial charge in [0, 0.05) is 19.5 Å². The number of carboxylic acid groups (broad SMARTS) is 1. The Morgan fingerprint density at radius 3 is 2.44 bits per heavy atom. The lowest BCUT2D eigenvalue weighted by Gasteiger charge is -2.18. The second-order valence-electron chi connectivity index (χ2n) is 3.07. The standard InChI is InChI=1S/C10H16N2O4/c1-3-7-12(4-2)10(16)11-8(13)5-6-9(14)15/h3H,1,4-7H2,2H3,(H,14,15)(H,11,13,16). The molecule has 0 fully saturated rings. The summed E-state index contributed by atoms with van der Waals surface area (Å²) in [6, 6.07) is -0.530. The zero-order valence-electron chi connectivity index (χ0n) is 9.23. The summed E-state index contributed by atoms with van der Waals surface area (Å²) < 4.78 is 0. The zero-order valence-corrected chi connectivity index (χ0v) is 9.23. The molecule has 0 saturated carbocycles. The second kappa shape index (κ2) is 7.44. The molecule has 0 aromatic rings. The van der Waals surface area contributed by atoms with Crippen LogP contribution >= 0.6 is 0 Å². The number of aliphatic carboxylic acids is 1. The average molecular weight is 228 g/mol. The minimum atomic E-state index is -1.07. The molecule has 0 aliphatic heterocycles. The van der Waals surface area contributed by atoms with Crippen molar-refractivity contribution in [2.24, 2.45) is 0 Å². The van der Waals surface area contributed by atoms with Gasteiger partial charge < -0.3 is 10.0 Å². The molecule has 0 saturated heterocycles. The second-order valence-corrected chi connectivity index (χ2v) is 3.07. The van der Waals surface area contributed by atoms with Gasteiger partial charge in [0.15, 0.2) is 0 Å². The van der Waals surface area contributed by atoms with Crippen LogP contribution in [0, 0.1) is 0 Å². The molecule has 16 heavy (non-hydrogen) atoms. The SMILES string of the molecule is C=CCN(CC)C(=O)NC(=O)CCC(=O)O. The van der Waals surface area contributed by atoms with E-state index in [1.54, 1.807) is 13.0 Å². The lowest BCUT2D eigenvalue weighted by molar-refractivity contribution is -0.138. The van der Waals surface area contributed by atoms with Crippen LogP contribution in [-0.2, 0) is 9.59 Å². The van der Waals surface area contributed by atoms with Crippen LogP contribution in [0.15, 0.2) is 12.7 Å². The van der Waals surface area contributed by atoms with Crippen molar-refractivity contribution in [2.45, 2.75) is 19.8 Å². The van der Waals surface area contributed by atoms with Crippen molar-refractivity contribution in [1.29, 1.82) is 0 Å². The topological polar surface area (TPSA) is 86.7 Å². The molecule has 0 heterocycles. The molecule has 0 rings (SSSR count). The number of rotatable bonds is 6. The highest BCUT2D eigenvalue weighted by atomic mass is 16.4. The molecule has 0 unspecified atom stereocenters. The summed E-state index contributed by atoms with van der Waals surface area (Å²) >= 11 is 0. The minimum absolute atomic E-state index is 0.202. The number of hydrogen-bond acceptors (Lipinski definition) is 3. The van der Waals surface area contributed by atoms with Crippen molar-refractivity contribution in [3.8, 4) is 0 Å². The number of urea groups is 1. The number of carboxylic acids is 1. The molecule has 0 aromatic carbocycles. The summed E-state index contributed by atoms with van der Waals surface area (Å²) in [6.07, 6.45) is 1.06. The Kier molecular flexibility index (Phi) is 6.58. The van der Waals surface area contributed by atoms with E-state index >= 15 is 0 Å². The molecule has 6 nitrogen and oxygen atoms in total. The van der Waals surface area contributed by atoms with Gasteiger partial charge in [-0.2, -0.15) is 0 Å². The number of carbonyl (C=O) groups is 3. The molecule has 3 amide bonds. The van der Waals surface area contributed by atoms with E-state index in [1.165, 1.54) is 4.90 Å². The molecule has 2 N–H and O–H groups in total. The number of likely N-dealkylation sites (N-methyl/N-ethyl adjacent to an activating group) is 1. The Labute approximate surface area is 93.9 Å². The van der Waals surface area contributed by atoms with E-state index in [0.717, 1.165) is 0 Å². The first-order valence-electron chi connectivity index (χ1n) is 4.92. The Balaban J connectivity index is 4.06. The molecular formula is C10H16N2O4. The molecule has 0 atom stereocenters. The maximum atomic E-state index is 11.4. The van der Waals surface area contributed by atoms with Crippen LogP contribution in [-0.4, -0.2) is 41.0 Å². The van der Waals surface area contributed by atoms with Crippen LogP contribution in [0.1, 0.15) is 19.8 Å². The Morgan fingerprint density at radius 1 is 1.38 bits per heavy atom. The predicted molar refractivity (Wildman–Crippen MR) is 57.9 cm³/mol. The summed E-state index contributed by atoms with van der Waals surface area (Å²) in [4.78, 5) is 34.1. The van der Waals surface area contributed by atoms with Crippen molar-refractivity contribution >= 4 is 17.9 Å². The highest BCUT2D eigenvalue weighted by Crippen LogP contribution is 1.93. The first kappa shape index (κ1) is 14.2. The van der Waals surface area contributed by atoms with Crippen molar-refractivity contribution < 1.29 is 19.5 Å². The van der Waals surface area contributed by atoms with Gasteiger partial charge >= 0.3 is 12.0 Å². The quantitative estimate of drug-likeness (QED) is 0.651. The molecule has 0 radical (unpaired) electrons. The van der Waals surface area contributed by atoms with Gasteiger partial charge in [0.1, 0.15) is 0 Å². The van der Waals surface area contributed by atoms with E-state index in [9.17, 15) is 14.4 Å². The molecule has 0 aromatic heterocycles. The average Bonchev–Trinajstić information content (AvgIpc) is 2.22. The fraction of sp³-hybridized carbons (Fsp3) is 0.500. The van der Waals surface area contributed by atoms with Gasteiger partial charge in [0.05, 0.1) is 6.42 Å². The molecule has 90 valence electrons. The van der Waals surface area contributed by atoms with Crippen LogP contribution in [0.5, 0.6) is 0 Å². The fourth-order valence-electron chi connectivity index (χ4n) is 0.993. The summed E-state index contributed by atoms with van der Waals surface area (Å²) in [7, 11) is 0. The number of carbonyl (C=O) groups excluding carboxylic acids is 2. The van der Waals surface area contributed by atoms with E-state index in [-0.39, 0.29) is 12.8 Å². The van der Waals surface area contributed by atoms with Gasteiger partial charge in [-0.3, -0.25) is 14.9 Å². The van der Waals surface area contributed by atoms with Gasteiger partial charge in [0.25, 0.3) is 0 Å². The maximum absolute atomic E-state index is 11.4. The molecule has 6 heteroatoms. The van der Waals surface area contributed by atoms with Gasteiger partial charge in [-0.1, -0.05) is 6.08 Å². The van der Waals surface area contributed by atoms with E-state index in [0.29, 0.717) is 13.1 Å². The smallest absolute Gasteiger partial charge is 0.324 e. The van der Waals surface area contributed by atoms with Crippen molar-refractivity contribution in [3.63, 3.8) is 0 Å². The highest BCUT2D eigenvalue weighted by molar-refractivity contribution is 5.95. The van der Waals surface area contributed by atoms with Crippen molar-refractivity contribution in [3.05, 3.63) is 12.7 Å². The first-order valence-corrected chi connectivity index (χ1v) is 4.92. The van der Waals surface area contributed by atoms with E-state index in [1.807, 2.05) is 0 Å². The number of imide groups is 1. The monoisotopic (exact) mass is 228 g/mol. The molecule has 0 aliphatic carbocycles. The van der Waals surface area contributed by atoms with Crippen LogP contribution in [0.4, 0.5) is 4.79 Å². The van der Waals surface area contributed by atoms with Gasteiger partial charge in [-0.25, -0.2) is 4.79 Å². The summed E-state index contributed by atoms with van der Waals surface area (Å²) in [5.41, 5.74) is 0. The summed E-state index contributed by atoms with van der Waals surface area (Å²) in [5, 5.41) is 10.5. The molecular weight excluding hydrogens is 212 g/mol. The highest BCUT2D eigenvalue weighted by Gasteiger charge is 2.13. The summed E-state index contributed by atoms with van der Waals surface area (Å²) in [6.45, 7) is 6.04. The summed E-state index contributed by atoms with van der Waals surface area (Å²) in [5.74, 6) is -1.66. The lowest BCUT2D eigenvalue weighted by Crippen LogP contribution is -2.42.